The molecule has 2 amide bonds. The predicted molar refractivity (Wildman–Crippen MR) is 91.6 cm³/mol. The van der Waals surface area contributed by atoms with Gasteiger partial charge in [0, 0.05) is 38.1 Å². The molecule has 0 aromatic heterocycles. The molecule has 24 heavy (non-hydrogen) atoms. The molecule has 0 radical (unpaired) electrons. The van der Waals surface area contributed by atoms with Crippen molar-refractivity contribution in [1.82, 2.24) is 5.32 Å². The number of aliphatic hydroxyl groups excluding tert-OH is 2. The Bertz CT molecular complexity index is 533. The summed E-state index contributed by atoms with van der Waals surface area (Å²) in [5.74, 6) is -0.609. The summed E-state index contributed by atoms with van der Waals surface area (Å²) in [5, 5.41) is 21.2. The van der Waals surface area contributed by atoms with E-state index in [1.807, 2.05) is 0 Å². The average Bonchev–Trinajstić information content (AvgIpc) is 2.51. The van der Waals surface area contributed by atoms with Crippen LogP contribution in [0.5, 0.6) is 0 Å². The summed E-state index contributed by atoms with van der Waals surface area (Å²) in [4.78, 5) is 23.9. The van der Waals surface area contributed by atoms with Gasteiger partial charge in [-0.2, -0.15) is 4.90 Å². The molecule has 0 aliphatic heterocycles. The van der Waals surface area contributed by atoms with Crippen LogP contribution in [0.1, 0.15) is 20.3 Å². The fraction of sp³-hybridized carbons (Fsp3) is 0.375. The van der Waals surface area contributed by atoms with Gasteiger partial charge in [0.05, 0.1) is 0 Å². The van der Waals surface area contributed by atoms with Gasteiger partial charge in [-0.15, -0.1) is 0 Å². The fourth-order valence-electron chi connectivity index (χ4n) is 1.47. The van der Waals surface area contributed by atoms with Crippen molar-refractivity contribution in [1.29, 1.82) is 0 Å². The molecule has 1 rings (SSSR count). The molecule has 0 bridgehead atoms. The molecule has 8 heteroatoms. The number of carbonyl (C=O) groups excluding carboxylic acids is 2. The van der Waals surface area contributed by atoms with Crippen LogP contribution in [0.25, 0.3) is 0 Å². The predicted octanol–water partition coefficient (Wildman–Crippen LogP) is 1.18. The maximum atomic E-state index is 11.6. The van der Waals surface area contributed by atoms with Crippen LogP contribution < -0.4 is 10.6 Å². The molecule has 0 aliphatic carbocycles. The SMILES string of the molecule is CC(C)(CO)CC(=O)N/C=C/C(=O)Nc1ccc([S-])cc1.CO.[Au+]. The first-order valence-corrected chi connectivity index (χ1v) is 7.33. The maximum Gasteiger partial charge on any atom is 1.00 e. The van der Waals surface area contributed by atoms with E-state index in [4.69, 9.17) is 22.8 Å². The van der Waals surface area contributed by atoms with Gasteiger partial charge >= 0.3 is 22.4 Å². The second-order valence-electron chi connectivity index (χ2n) is 5.41. The van der Waals surface area contributed by atoms with Crippen molar-refractivity contribution in [3.8, 4) is 0 Å². The van der Waals surface area contributed by atoms with Gasteiger partial charge in [0.2, 0.25) is 11.8 Å². The minimum absolute atomic E-state index is 0. The molecular weight excluding hydrogens is 513 g/mol. The Kier molecular flexibility index (Phi) is 13.7. The first kappa shape index (κ1) is 25.0. The standard InChI is InChI=1S/C15H20N2O3S.CH4O.Au/c1-15(2,10-18)9-14(20)16-8-7-13(19)17-11-3-5-12(21)6-4-11;1-2;/h3-8,18,21H,9-10H2,1-2H3,(H,16,20)(H,17,19);2H,1H3;/q;;+1/p-1/b8-7+;;. The Morgan fingerprint density at radius 3 is 2.25 bits per heavy atom. The van der Waals surface area contributed by atoms with Crippen LogP contribution in [-0.2, 0) is 44.6 Å². The Morgan fingerprint density at radius 1 is 1.21 bits per heavy atom. The number of hydrogen-bond acceptors (Lipinski definition) is 5. The molecule has 0 fully saturated rings. The molecule has 138 valence electrons. The number of hydrogen-bond donors (Lipinski definition) is 4. The summed E-state index contributed by atoms with van der Waals surface area (Å²) >= 11 is 4.95. The van der Waals surface area contributed by atoms with Crippen molar-refractivity contribution in [2.75, 3.05) is 19.0 Å². The van der Waals surface area contributed by atoms with Gasteiger partial charge in [-0.3, -0.25) is 9.59 Å². The minimum Gasteiger partial charge on any atom is -0.780 e. The topological polar surface area (TPSA) is 98.7 Å². The third-order valence-corrected chi connectivity index (χ3v) is 2.94. The number of amides is 2. The Morgan fingerprint density at radius 2 is 1.75 bits per heavy atom. The summed E-state index contributed by atoms with van der Waals surface area (Å²) < 4.78 is 0. The van der Waals surface area contributed by atoms with Crippen LogP contribution in [0.2, 0.25) is 0 Å². The monoisotopic (exact) mass is 536 g/mol. The van der Waals surface area contributed by atoms with Gasteiger partial charge in [0.15, 0.2) is 0 Å². The van der Waals surface area contributed by atoms with Crippen molar-refractivity contribution in [2.24, 2.45) is 5.41 Å². The van der Waals surface area contributed by atoms with E-state index in [1.165, 1.54) is 12.3 Å². The van der Waals surface area contributed by atoms with Gasteiger partial charge in [-0.1, -0.05) is 26.0 Å². The zero-order valence-corrected chi connectivity index (χ0v) is 16.8. The van der Waals surface area contributed by atoms with E-state index in [9.17, 15) is 9.59 Å². The van der Waals surface area contributed by atoms with E-state index >= 15 is 0 Å². The molecule has 0 heterocycles. The smallest absolute Gasteiger partial charge is 0.780 e. The second-order valence-corrected chi connectivity index (χ2v) is 5.88. The maximum absolute atomic E-state index is 11.6. The second kappa shape index (κ2) is 13.1. The van der Waals surface area contributed by atoms with E-state index in [1.54, 1.807) is 38.1 Å². The molecule has 0 spiro atoms. The van der Waals surface area contributed by atoms with Gasteiger partial charge in [-0.25, -0.2) is 0 Å². The molecule has 1 aromatic carbocycles. The number of carbonyl (C=O) groups is 2. The van der Waals surface area contributed by atoms with Crippen LogP contribution in [-0.4, -0.2) is 35.7 Å². The normalized spacial score (nSPS) is 10.2. The molecule has 0 saturated heterocycles. The molecule has 0 aliphatic rings. The van der Waals surface area contributed by atoms with Crippen molar-refractivity contribution in [3.05, 3.63) is 36.5 Å². The van der Waals surface area contributed by atoms with E-state index < -0.39 is 5.41 Å². The summed E-state index contributed by atoms with van der Waals surface area (Å²) in [6, 6.07) is 6.84. The number of rotatable bonds is 6. The summed E-state index contributed by atoms with van der Waals surface area (Å²) in [7, 11) is 1.00. The van der Waals surface area contributed by atoms with Crippen molar-refractivity contribution < 1.29 is 42.2 Å². The largest absolute Gasteiger partial charge is 1.00 e. The third kappa shape index (κ3) is 11.3. The van der Waals surface area contributed by atoms with Crippen molar-refractivity contribution >= 4 is 30.1 Å². The summed E-state index contributed by atoms with van der Waals surface area (Å²) in [6.07, 6.45) is 2.69. The molecular formula is C16H23AuN2O4S. The van der Waals surface area contributed by atoms with Gasteiger partial charge in [0.1, 0.15) is 0 Å². The molecule has 0 atom stereocenters. The quantitative estimate of drug-likeness (QED) is 0.249. The number of nitrogens with one attached hydrogen (secondary N) is 2. The molecule has 6 nitrogen and oxygen atoms in total. The Hall–Kier alpha value is -1.22. The number of aliphatic hydroxyl groups is 2. The Balaban J connectivity index is 0. The number of benzene rings is 1. The molecule has 1 aromatic rings. The van der Waals surface area contributed by atoms with Gasteiger partial charge in [0.25, 0.3) is 0 Å². The molecule has 4 N–H and O–H groups in total. The third-order valence-electron chi connectivity index (χ3n) is 2.67. The molecule has 0 unspecified atom stereocenters. The average molecular weight is 536 g/mol. The first-order chi connectivity index (χ1) is 10.8. The van der Waals surface area contributed by atoms with E-state index in [0.29, 0.717) is 10.6 Å². The zero-order chi connectivity index (χ0) is 17.9. The minimum atomic E-state index is -0.480. The fourth-order valence-corrected chi connectivity index (χ4v) is 1.61. The van der Waals surface area contributed by atoms with Crippen molar-refractivity contribution in [3.63, 3.8) is 0 Å². The van der Waals surface area contributed by atoms with Crippen LogP contribution in [0.3, 0.4) is 0 Å². The number of anilines is 1. The van der Waals surface area contributed by atoms with Crippen LogP contribution in [0.4, 0.5) is 5.69 Å². The van der Waals surface area contributed by atoms with Gasteiger partial charge in [-0.05, 0) is 17.5 Å². The van der Waals surface area contributed by atoms with Gasteiger partial charge < -0.3 is 33.5 Å². The Labute approximate surface area is 163 Å². The van der Waals surface area contributed by atoms with E-state index in [0.717, 1.165) is 7.11 Å². The van der Waals surface area contributed by atoms with Crippen molar-refractivity contribution in [2.45, 2.75) is 25.2 Å². The summed E-state index contributed by atoms with van der Waals surface area (Å²) in [5.41, 5.74) is 0.151. The summed E-state index contributed by atoms with van der Waals surface area (Å²) in [6.45, 7) is 3.49. The van der Waals surface area contributed by atoms with E-state index in [-0.39, 0.29) is 47.2 Å². The van der Waals surface area contributed by atoms with Crippen LogP contribution in [0, 0.1) is 5.41 Å². The van der Waals surface area contributed by atoms with Crippen LogP contribution in [0.15, 0.2) is 41.4 Å². The zero-order valence-electron chi connectivity index (χ0n) is 13.8. The first-order valence-electron chi connectivity index (χ1n) is 6.92. The van der Waals surface area contributed by atoms with E-state index in [2.05, 4.69) is 10.6 Å². The molecule has 0 saturated carbocycles. The van der Waals surface area contributed by atoms with Crippen LogP contribution >= 0.6 is 0 Å².